The Balaban J connectivity index is 1.71. The molecule has 0 aliphatic rings. The van der Waals surface area contributed by atoms with Gasteiger partial charge in [-0.05, 0) is 56.2 Å². The Kier molecular flexibility index (Phi) is 5.74. The minimum Gasteiger partial charge on any atom is -0.451 e. The van der Waals surface area contributed by atoms with Gasteiger partial charge in [-0.15, -0.1) is 0 Å². The van der Waals surface area contributed by atoms with Crippen molar-refractivity contribution in [2.75, 3.05) is 5.32 Å². The zero-order valence-corrected chi connectivity index (χ0v) is 16.9. The first kappa shape index (κ1) is 20.2. The van der Waals surface area contributed by atoms with Crippen molar-refractivity contribution in [1.82, 2.24) is 5.32 Å². The molecule has 1 aromatic heterocycles. The molecule has 0 spiro atoms. The van der Waals surface area contributed by atoms with E-state index in [-0.39, 0.29) is 16.6 Å². The Morgan fingerprint density at radius 3 is 2.41 bits per heavy atom. The van der Waals surface area contributed by atoms with Crippen LogP contribution in [0.1, 0.15) is 27.2 Å². The number of amides is 1. The van der Waals surface area contributed by atoms with Gasteiger partial charge < -0.3 is 9.73 Å². The maximum atomic E-state index is 12.4. The average Bonchev–Trinajstić information content (AvgIpc) is 3.15. The van der Waals surface area contributed by atoms with E-state index in [1.807, 2.05) is 32.9 Å². The maximum Gasteiger partial charge on any atom is 0.293 e. The molecule has 7 nitrogen and oxygen atoms in total. The number of nitrogens with one attached hydrogen (secondary N) is 2. The molecular formula is C21H19N3O4S. The number of furan rings is 1. The van der Waals surface area contributed by atoms with E-state index in [1.165, 1.54) is 18.2 Å². The summed E-state index contributed by atoms with van der Waals surface area (Å²) in [5.41, 5.74) is 4.47. The first-order valence-corrected chi connectivity index (χ1v) is 9.20. The number of aryl methyl sites for hydroxylation is 3. The van der Waals surface area contributed by atoms with Crippen molar-refractivity contribution in [1.29, 1.82) is 0 Å². The summed E-state index contributed by atoms with van der Waals surface area (Å²) < 4.78 is 5.56. The lowest BCUT2D eigenvalue weighted by molar-refractivity contribution is -0.384. The summed E-state index contributed by atoms with van der Waals surface area (Å²) in [7, 11) is 0. The molecule has 2 aromatic carbocycles. The van der Waals surface area contributed by atoms with Gasteiger partial charge in [-0.25, -0.2) is 0 Å². The van der Waals surface area contributed by atoms with Crippen LogP contribution in [0.3, 0.4) is 0 Å². The van der Waals surface area contributed by atoms with Crippen molar-refractivity contribution < 1.29 is 14.1 Å². The van der Waals surface area contributed by atoms with Crippen LogP contribution in [0.2, 0.25) is 0 Å². The van der Waals surface area contributed by atoms with Crippen LogP contribution in [0, 0.1) is 30.9 Å². The molecule has 3 aromatic rings. The van der Waals surface area contributed by atoms with Crippen molar-refractivity contribution in [2.24, 2.45) is 0 Å². The fourth-order valence-corrected chi connectivity index (χ4v) is 3.27. The number of benzene rings is 2. The van der Waals surface area contributed by atoms with Crippen LogP contribution >= 0.6 is 12.2 Å². The number of nitro benzene ring substituents is 1. The van der Waals surface area contributed by atoms with E-state index in [0.717, 1.165) is 22.4 Å². The summed E-state index contributed by atoms with van der Waals surface area (Å²) in [5.74, 6) is -0.113. The number of hydrogen-bond donors (Lipinski definition) is 2. The number of carbonyl (C=O) groups excluding carboxylic acids is 1. The monoisotopic (exact) mass is 409 g/mol. The van der Waals surface area contributed by atoms with Crippen molar-refractivity contribution in [3.63, 3.8) is 0 Å². The minimum atomic E-state index is -0.512. The maximum absolute atomic E-state index is 12.4. The molecule has 0 radical (unpaired) electrons. The standard InChI is InChI=1S/C21H19N3O4S/c1-12-9-13(2)19(14(3)10-12)22-21(29)23-20(25)18-8-7-17(28-18)15-5-4-6-16(11-15)24(26)27/h4-11H,1-3H3,(H2,22,23,25,29). The van der Waals surface area contributed by atoms with Gasteiger partial charge in [0, 0.05) is 23.4 Å². The number of carbonyl (C=O) groups is 1. The second kappa shape index (κ2) is 8.24. The second-order valence-electron chi connectivity index (χ2n) is 6.65. The lowest BCUT2D eigenvalue weighted by atomic mass is 10.1. The highest BCUT2D eigenvalue weighted by Gasteiger charge is 2.16. The molecule has 0 saturated carbocycles. The zero-order chi connectivity index (χ0) is 21.1. The van der Waals surface area contributed by atoms with Gasteiger partial charge in [-0.2, -0.15) is 0 Å². The minimum absolute atomic E-state index is 0.0491. The number of rotatable bonds is 4. The molecule has 0 fully saturated rings. The summed E-state index contributed by atoms with van der Waals surface area (Å²) >= 11 is 5.25. The molecule has 1 heterocycles. The van der Waals surface area contributed by atoms with Gasteiger partial charge >= 0.3 is 0 Å². The Bertz CT molecular complexity index is 1100. The molecule has 0 saturated heterocycles. The van der Waals surface area contributed by atoms with Crippen LogP contribution in [0.5, 0.6) is 0 Å². The van der Waals surface area contributed by atoms with Crippen molar-refractivity contribution in [3.8, 4) is 11.3 Å². The molecule has 29 heavy (non-hydrogen) atoms. The molecule has 1 amide bonds. The van der Waals surface area contributed by atoms with E-state index in [0.29, 0.717) is 11.3 Å². The van der Waals surface area contributed by atoms with E-state index < -0.39 is 10.8 Å². The third kappa shape index (κ3) is 4.67. The van der Waals surface area contributed by atoms with Crippen molar-refractivity contribution in [2.45, 2.75) is 20.8 Å². The fraction of sp³-hybridized carbons (Fsp3) is 0.143. The summed E-state index contributed by atoms with van der Waals surface area (Å²) in [4.78, 5) is 22.9. The van der Waals surface area contributed by atoms with Crippen LogP contribution in [-0.4, -0.2) is 15.9 Å². The number of non-ortho nitro benzene ring substituents is 1. The molecular weight excluding hydrogens is 390 g/mol. The Hall–Kier alpha value is -3.52. The summed E-state index contributed by atoms with van der Waals surface area (Å²) in [6.45, 7) is 5.94. The highest BCUT2D eigenvalue weighted by Crippen LogP contribution is 2.26. The SMILES string of the molecule is Cc1cc(C)c(NC(=S)NC(=O)c2ccc(-c3cccc([N+](=O)[O-])c3)o2)c(C)c1. The summed E-state index contributed by atoms with van der Waals surface area (Å²) in [5, 5.41) is 16.7. The van der Waals surface area contributed by atoms with Crippen LogP contribution in [0.25, 0.3) is 11.3 Å². The van der Waals surface area contributed by atoms with E-state index in [1.54, 1.807) is 18.2 Å². The van der Waals surface area contributed by atoms with Gasteiger partial charge in [-0.1, -0.05) is 29.8 Å². The summed E-state index contributed by atoms with van der Waals surface area (Å²) in [6, 6.07) is 13.1. The molecule has 0 atom stereocenters. The third-order valence-corrected chi connectivity index (χ3v) is 4.52. The number of anilines is 1. The van der Waals surface area contributed by atoms with Gasteiger partial charge in [0.15, 0.2) is 10.9 Å². The second-order valence-corrected chi connectivity index (χ2v) is 7.06. The highest BCUT2D eigenvalue weighted by molar-refractivity contribution is 7.80. The number of nitro groups is 1. The van der Waals surface area contributed by atoms with E-state index in [9.17, 15) is 14.9 Å². The van der Waals surface area contributed by atoms with Crippen LogP contribution in [-0.2, 0) is 0 Å². The predicted molar refractivity (Wildman–Crippen MR) is 115 cm³/mol. The van der Waals surface area contributed by atoms with Gasteiger partial charge in [0.25, 0.3) is 11.6 Å². The molecule has 0 unspecified atom stereocenters. The topological polar surface area (TPSA) is 97.4 Å². The molecule has 148 valence electrons. The quantitative estimate of drug-likeness (QED) is 0.361. The van der Waals surface area contributed by atoms with Gasteiger partial charge in [0.1, 0.15) is 5.76 Å². The van der Waals surface area contributed by atoms with Crippen LogP contribution in [0.4, 0.5) is 11.4 Å². The van der Waals surface area contributed by atoms with Crippen molar-refractivity contribution >= 4 is 34.6 Å². The largest absolute Gasteiger partial charge is 0.451 e. The number of nitrogens with zero attached hydrogens (tertiary/aromatic N) is 1. The van der Waals surface area contributed by atoms with Gasteiger partial charge in [0.05, 0.1) is 4.92 Å². The fourth-order valence-electron chi connectivity index (χ4n) is 3.07. The predicted octanol–water partition coefficient (Wildman–Crippen LogP) is 4.91. The number of thiocarbonyl (C=S) groups is 1. The molecule has 3 rings (SSSR count). The molecule has 2 N–H and O–H groups in total. The highest BCUT2D eigenvalue weighted by atomic mass is 32.1. The summed E-state index contributed by atoms with van der Waals surface area (Å²) in [6.07, 6.45) is 0. The van der Waals surface area contributed by atoms with Crippen LogP contribution in [0.15, 0.2) is 52.9 Å². The number of hydrogen-bond acceptors (Lipinski definition) is 5. The van der Waals surface area contributed by atoms with E-state index in [4.69, 9.17) is 16.6 Å². The molecule has 0 bridgehead atoms. The van der Waals surface area contributed by atoms with Crippen LogP contribution < -0.4 is 10.6 Å². The lowest BCUT2D eigenvalue weighted by Crippen LogP contribution is -2.34. The zero-order valence-electron chi connectivity index (χ0n) is 16.1. The van der Waals surface area contributed by atoms with E-state index >= 15 is 0 Å². The molecule has 0 aliphatic carbocycles. The average molecular weight is 409 g/mol. The molecule has 8 heteroatoms. The first-order valence-electron chi connectivity index (χ1n) is 8.79. The Morgan fingerprint density at radius 1 is 1.07 bits per heavy atom. The smallest absolute Gasteiger partial charge is 0.293 e. The molecule has 0 aliphatic heterocycles. The Morgan fingerprint density at radius 2 is 1.76 bits per heavy atom. The Labute approximate surface area is 172 Å². The van der Waals surface area contributed by atoms with Crippen molar-refractivity contribution in [3.05, 3.63) is 81.1 Å². The lowest BCUT2D eigenvalue weighted by Gasteiger charge is -2.14. The van der Waals surface area contributed by atoms with Gasteiger partial charge in [-0.3, -0.25) is 20.2 Å². The normalized spacial score (nSPS) is 10.4. The first-order chi connectivity index (χ1) is 13.7. The third-order valence-electron chi connectivity index (χ3n) is 4.31. The van der Waals surface area contributed by atoms with E-state index in [2.05, 4.69) is 10.6 Å². The van der Waals surface area contributed by atoms with Gasteiger partial charge in [0.2, 0.25) is 0 Å².